The van der Waals surface area contributed by atoms with Crippen LogP contribution in [-0.4, -0.2) is 166 Å². The van der Waals surface area contributed by atoms with Gasteiger partial charge in [0.2, 0.25) is 0 Å². The number of ketones is 1. The Balaban J connectivity index is 0.000000323. The summed E-state index contributed by atoms with van der Waals surface area (Å²) in [6, 6.07) is 13.9. The number of rotatable bonds is 18. The Hall–Kier alpha value is -6.27. The van der Waals surface area contributed by atoms with Crippen molar-refractivity contribution in [3.63, 3.8) is 0 Å². The van der Waals surface area contributed by atoms with Gasteiger partial charge in [0, 0.05) is 68.2 Å². The fraction of sp³-hybridized carbons (Fsp3) is 0.383. The van der Waals surface area contributed by atoms with E-state index in [0.717, 1.165) is 42.5 Å². The molecule has 4 amide bonds. The fourth-order valence-electron chi connectivity index (χ4n) is 8.80. The first-order chi connectivity index (χ1) is 44.9. The van der Waals surface area contributed by atoms with Crippen molar-refractivity contribution in [3.05, 3.63) is 148 Å². The number of hydrogen-bond acceptors (Lipinski definition) is 21. The molecule has 3 aliphatic heterocycles. The van der Waals surface area contributed by atoms with Crippen LogP contribution < -0.4 is 112 Å². The van der Waals surface area contributed by atoms with Crippen LogP contribution in [0.25, 0.3) is 0 Å². The number of carboxylic acids is 2. The van der Waals surface area contributed by atoms with Crippen molar-refractivity contribution >= 4 is 104 Å². The minimum Gasteiger partial charge on any atom is -0.480 e. The Labute approximate surface area is 595 Å². The number of Topliss-reactive ketones (excluding diaryl/α,β-unsaturated/α-hetero) is 1. The van der Waals surface area contributed by atoms with Crippen molar-refractivity contribution in [2.75, 3.05) is 13.1 Å². The van der Waals surface area contributed by atoms with Gasteiger partial charge in [-0.05, 0) is 145 Å². The SMILES string of the molecule is CC(=O)c1ccc(B2OC(C)(C)C(C)(C)O2)c(F)c1.CC1(C)OB(c2ccc(C(=O)NC[C@H](NC(=O)c3ccc(B4OC(C)(C)C(C)(C)O4)c(F)c3)C(=O)O)cc2F)OC1(C)C.O=C(NC[C@H](NC(=O)c1ccc(B(O)O)c(F)c1)C(=O)O)c1ccc(B(O)O)c(F)c1.[Na+].[O-][I+3]([O-])([O-])[O-]. The Morgan fingerprint density at radius 2 is 0.646 bits per heavy atom. The van der Waals surface area contributed by atoms with E-state index < -0.39 is 190 Å². The van der Waals surface area contributed by atoms with Gasteiger partial charge in [-0.15, -0.1) is 0 Å². The van der Waals surface area contributed by atoms with E-state index in [1.807, 2.05) is 83.1 Å². The van der Waals surface area contributed by atoms with E-state index in [1.54, 1.807) is 12.1 Å². The third-order valence-electron chi connectivity index (χ3n) is 16.7. The first-order valence-electron chi connectivity index (χ1n) is 29.4. The standard InChI is InChI=1S/C29H36B2F2N2O8.C17H16B2F2N2O8.C14H18BFO3.IO4.Na/c1-26(2)27(3,4)41-30(40-26)18-11-9-16(13-20(18)32)23(36)34-15-22(25(38)39)35-24(37)17-10-12-19(21(33)14-17)31-42-28(5,6)29(7,8)43-31;20-12-5-8(1-3-10(12)18(28)29)15(24)22-7-14(17(26)27)23-16(25)9-2-4-11(19(30)31)13(21)6-9;1-9(17)10-6-7-11(12(16)8-10)15-18-13(2,3)14(4,5)19-15;2-1(3,4)5;/h9-14,22H,15H2,1-8H3,(H,34,36)(H,35,37)(H,38,39);1-6,14,28-31H,7H2,(H,22,24)(H,23,25)(H,26,27);6-8H,1-5H3;;/q;;;-1;+1/t22-;14-;;;/m00.../s1. The molecular weight excluding hydrogens is 1440 g/mol. The second-order valence-electron chi connectivity index (χ2n) is 25.3. The number of nitrogens with one attached hydrogen (secondary N) is 4. The molecular formula is C60H70B5F5IN4NaO23. The first kappa shape index (κ1) is 85.1. The smallest absolute Gasteiger partial charge is 0.480 e. The topological polar surface area (TPSA) is 437 Å². The van der Waals surface area contributed by atoms with Crippen LogP contribution in [0.5, 0.6) is 0 Å². The molecule has 3 heterocycles. The second-order valence-corrected chi connectivity index (χ2v) is 27.4. The molecule has 3 saturated heterocycles. The molecule has 0 aromatic heterocycles. The number of halogens is 6. The molecule has 10 N–H and O–H groups in total. The predicted octanol–water partition coefficient (Wildman–Crippen LogP) is -9.31. The molecule has 526 valence electrons. The molecule has 0 unspecified atom stereocenters. The summed E-state index contributed by atoms with van der Waals surface area (Å²) >= 11 is -5.94. The van der Waals surface area contributed by atoms with Crippen molar-refractivity contribution in [2.45, 2.75) is 136 Å². The van der Waals surface area contributed by atoms with Crippen LogP contribution in [-0.2, 0) is 37.5 Å². The van der Waals surface area contributed by atoms with Crippen molar-refractivity contribution in [1.82, 2.24) is 21.3 Å². The van der Waals surface area contributed by atoms with Crippen LogP contribution >= 0.6 is 0 Å². The Morgan fingerprint density at radius 1 is 0.424 bits per heavy atom. The van der Waals surface area contributed by atoms with Crippen molar-refractivity contribution in [1.29, 1.82) is 0 Å². The van der Waals surface area contributed by atoms with Gasteiger partial charge in [0.1, 0.15) is 61.3 Å². The van der Waals surface area contributed by atoms with E-state index in [1.165, 1.54) is 37.3 Å². The molecule has 2 atom stereocenters. The first-order valence-corrected chi connectivity index (χ1v) is 32.9. The van der Waals surface area contributed by atoms with E-state index in [-0.39, 0.29) is 68.5 Å². The largest absolute Gasteiger partial charge is 1.00 e. The number of hydrogen-bond donors (Lipinski definition) is 10. The Kier molecular flexibility index (Phi) is 29.0. The normalized spacial score (nSPS) is 17.1. The number of carbonyl (C=O) groups is 7. The van der Waals surface area contributed by atoms with Crippen LogP contribution in [0.1, 0.15) is 142 Å². The van der Waals surface area contributed by atoms with E-state index in [4.69, 9.17) is 61.8 Å². The molecule has 27 nitrogen and oxygen atoms in total. The van der Waals surface area contributed by atoms with Crippen LogP contribution in [0.3, 0.4) is 0 Å². The average molecular weight is 1510 g/mol. The summed E-state index contributed by atoms with van der Waals surface area (Å²) in [6.07, 6.45) is 0. The van der Waals surface area contributed by atoms with Gasteiger partial charge in [-0.3, -0.25) is 37.7 Å². The van der Waals surface area contributed by atoms with Gasteiger partial charge in [-0.2, -0.15) is 0 Å². The second kappa shape index (κ2) is 33.7. The van der Waals surface area contributed by atoms with Crippen molar-refractivity contribution in [2.24, 2.45) is 0 Å². The van der Waals surface area contributed by atoms with Gasteiger partial charge in [0.25, 0.3) is 23.6 Å². The van der Waals surface area contributed by atoms with E-state index in [2.05, 4.69) is 21.3 Å². The van der Waals surface area contributed by atoms with E-state index in [0.29, 0.717) is 17.1 Å². The third kappa shape index (κ3) is 22.4. The summed E-state index contributed by atoms with van der Waals surface area (Å²) in [4.78, 5) is 84.2. The van der Waals surface area contributed by atoms with Crippen LogP contribution in [0.4, 0.5) is 22.0 Å². The molecule has 5 aromatic rings. The van der Waals surface area contributed by atoms with Gasteiger partial charge in [-0.25, -0.2) is 31.5 Å². The molecule has 3 fully saturated rings. The zero-order valence-electron chi connectivity index (χ0n) is 56.0. The van der Waals surface area contributed by atoms with E-state index in [9.17, 15) is 65.7 Å². The van der Waals surface area contributed by atoms with Crippen LogP contribution in [0, 0.1) is 29.1 Å². The average Bonchev–Trinajstić information content (AvgIpc) is 1.64. The molecule has 0 saturated carbocycles. The minimum atomic E-state index is -5.94. The monoisotopic (exact) mass is 1510 g/mol. The molecule has 0 radical (unpaired) electrons. The quantitative estimate of drug-likeness (QED) is 0.0169. The number of amides is 4. The van der Waals surface area contributed by atoms with Gasteiger partial charge in [-0.1, -0.05) is 36.4 Å². The zero-order chi connectivity index (χ0) is 74.3. The molecule has 8 rings (SSSR count). The summed E-state index contributed by atoms with van der Waals surface area (Å²) in [5, 5.41) is 63.6. The molecule has 0 bridgehead atoms. The van der Waals surface area contributed by atoms with Gasteiger partial charge >= 0.3 is 77.1 Å². The number of benzene rings is 5. The van der Waals surface area contributed by atoms with Gasteiger partial charge < -0.3 is 79.5 Å². The fourth-order valence-corrected chi connectivity index (χ4v) is 8.80. The summed E-state index contributed by atoms with van der Waals surface area (Å²) in [7, 11) is -6.88. The van der Waals surface area contributed by atoms with Crippen LogP contribution in [0.2, 0.25) is 0 Å². The van der Waals surface area contributed by atoms with Gasteiger partial charge in [0.15, 0.2) is 5.78 Å². The van der Waals surface area contributed by atoms with E-state index >= 15 is 0 Å². The number of aliphatic carboxylic acids is 2. The predicted molar refractivity (Wildman–Crippen MR) is 331 cm³/mol. The summed E-state index contributed by atoms with van der Waals surface area (Å²) < 4.78 is 141. The molecule has 0 aliphatic carbocycles. The maximum absolute atomic E-state index is 15.0. The molecule has 5 aromatic carbocycles. The van der Waals surface area contributed by atoms with Gasteiger partial charge in [0.05, 0.1) is 33.6 Å². The van der Waals surface area contributed by atoms with Crippen molar-refractivity contribution < 1.29 is 177 Å². The Bertz CT molecular complexity index is 3770. The summed E-state index contributed by atoms with van der Waals surface area (Å²) in [5.74, 6) is -10.8. The molecule has 99 heavy (non-hydrogen) atoms. The number of carbonyl (C=O) groups excluding carboxylic acids is 5. The third-order valence-corrected chi connectivity index (χ3v) is 16.7. The van der Waals surface area contributed by atoms with Crippen molar-refractivity contribution in [3.8, 4) is 0 Å². The molecule has 3 aliphatic rings. The zero-order valence-corrected chi connectivity index (χ0v) is 60.2. The summed E-state index contributed by atoms with van der Waals surface area (Å²) in [6.45, 7) is 22.5. The minimum absolute atomic E-state index is 0. The van der Waals surface area contributed by atoms with Crippen LogP contribution in [0.15, 0.2) is 91.0 Å². The Morgan fingerprint density at radius 3 is 0.869 bits per heavy atom. The molecule has 39 heteroatoms. The molecule has 0 spiro atoms. The maximum Gasteiger partial charge on any atom is 1.00 e. The maximum atomic E-state index is 15.0. The summed E-state index contributed by atoms with van der Waals surface area (Å²) in [5.41, 5.74) is -4.60. The number of carboxylic acid groups (broad SMARTS) is 2.